The Labute approximate surface area is 183 Å². The van der Waals surface area contributed by atoms with Crippen LogP contribution in [0.5, 0.6) is 0 Å². The molecule has 0 bridgehead atoms. The Morgan fingerprint density at radius 3 is 2.61 bits per heavy atom. The molecule has 0 radical (unpaired) electrons. The van der Waals surface area contributed by atoms with Gasteiger partial charge in [0.15, 0.2) is 0 Å². The van der Waals surface area contributed by atoms with Gasteiger partial charge in [-0.15, -0.1) is 0 Å². The molecular weight excluding hydrogens is 422 g/mol. The molecule has 3 aromatic rings. The van der Waals surface area contributed by atoms with Crippen LogP contribution >= 0.6 is 11.6 Å². The maximum absolute atomic E-state index is 11.9. The highest BCUT2D eigenvalue weighted by atomic mass is 35.5. The maximum atomic E-state index is 11.9. The summed E-state index contributed by atoms with van der Waals surface area (Å²) in [5.74, 6) is -2.64. The summed E-state index contributed by atoms with van der Waals surface area (Å²) >= 11 is 6.23. The van der Waals surface area contributed by atoms with Crippen LogP contribution in [0.3, 0.4) is 0 Å². The third kappa shape index (κ3) is 4.46. The molecule has 2 aromatic carbocycles. The fourth-order valence-corrected chi connectivity index (χ4v) is 3.85. The lowest BCUT2D eigenvalue weighted by Crippen LogP contribution is -2.35. The molecule has 8 nitrogen and oxygen atoms in total. The van der Waals surface area contributed by atoms with Gasteiger partial charge in [-0.2, -0.15) is 0 Å². The number of nitrogens with zero attached hydrogens (tertiary/aromatic N) is 2. The zero-order valence-corrected chi connectivity index (χ0v) is 17.2. The highest BCUT2D eigenvalue weighted by molar-refractivity contribution is 6.31. The number of ether oxygens (including phenoxy) is 1. The molecular formula is C22H20ClN3O5. The first-order valence-electron chi connectivity index (χ1n) is 9.68. The van der Waals surface area contributed by atoms with Crippen LogP contribution in [0.25, 0.3) is 10.9 Å². The summed E-state index contributed by atoms with van der Waals surface area (Å²) in [4.78, 5) is 30.2. The van der Waals surface area contributed by atoms with E-state index in [4.69, 9.17) is 16.3 Å². The van der Waals surface area contributed by atoms with Gasteiger partial charge in [0.1, 0.15) is 0 Å². The largest absolute Gasteiger partial charge is 0.478 e. The molecule has 160 valence electrons. The number of rotatable bonds is 6. The molecule has 0 saturated carbocycles. The van der Waals surface area contributed by atoms with Crippen molar-refractivity contribution in [3.05, 3.63) is 64.3 Å². The van der Waals surface area contributed by atoms with Crippen LogP contribution in [0.2, 0.25) is 5.02 Å². The summed E-state index contributed by atoms with van der Waals surface area (Å²) in [6.45, 7) is 3.38. The Balaban J connectivity index is 1.85. The first kappa shape index (κ1) is 21.0. The van der Waals surface area contributed by atoms with Crippen molar-refractivity contribution in [1.29, 1.82) is 0 Å². The van der Waals surface area contributed by atoms with Crippen molar-refractivity contribution in [3.8, 4) is 0 Å². The second kappa shape index (κ2) is 8.89. The van der Waals surface area contributed by atoms with E-state index in [0.717, 1.165) is 24.0 Å². The number of morpholine rings is 1. The molecule has 1 aliphatic heterocycles. The number of anilines is 2. The van der Waals surface area contributed by atoms with Gasteiger partial charge in [-0.05, 0) is 30.3 Å². The van der Waals surface area contributed by atoms with Gasteiger partial charge in [-0.3, -0.25) is 9.88 Å². The van der Waals surface area contributed by atoms with E-state index >= 15 is 0 Å². The molecule has 31 heavy (non-hydrogen) atoms. The summed E-state index contributed by atoms with van der Waals surface area (Å²) in [6.07, 6.45) is 1.75. The van der Waals surface area contributed by atoms with Gasteiger partial charge in [-0.1, -0.05) is 17.7 Å². The van der Waals surface area contributed by atoms with Gasteiger partial charge in [0, 0.05) is 41.8 Å². The number of aromatic nitrogens is 1. The van der Waals surface area contributed by atoms with Crippen molar-refractivity contribution in [2.75, 3.05) is 31.6 Å². The number of hydrogen-bond acceptors (Lipinski definition) is 6. The average molecular weight is 442 g/mol. The number of fused-ring (bicyclic) bond motifs is 1. The molecule has 2 heterocycles. The molecule has 0 amide bonds. The number of aromatic carboxylic acids is 2. The third-order valence-corrected chi connectivity index (χ3v) is 5.41. The summed E-state index contributed by atoms with van der Waals surface area (Å²) < 4.78 is 5.42. The lowest BCUT2D eigenvalue weighted by Gasteiger charge is -2.28. The van der Waals surface area contributed by atoms with E-state index in [0.29, 0.717) is 36.0 Å². The zero-order chi connectivity index (χ0) is 22.0. The molecule has 1 aromatic heterocycles. The summed E-state index contributed by atoms with van der Waals surface area (Å²) in [5.41, 5.74) is 1.76. The maximum Gasteiger partial charge on any atom is 0.338 e. The van der Waals surface area contributed by atoms with Crippen LogP contribution in [-0.2, 0) is 11.3 Å². The number of nitrogens with one attached hydrogen (secondary N) is 1. The smallest absolute Gasteiger partial charge is 0.338 e. The molecule has 3 N–H and O–H groups in total. The van der Waals surface area contributed by atoms with Crippen molar-refractivity contribution in [2.45, 2.75) is 6.54 Å². The Morgan fingerprint density at radius 2 is 1.90 bits per heavy atom. The van der Waals surface area contributed by atoms with Crippen LogP contribution in [0.1, 0.15) is 26.3 Å². The van der Waals surface area contributed by atoms with Crippen LogP contribution in [0.4, 0.5) is 11.4 Å². The topological polar surface area (TPSA) is 112 Å². The normalized spacial score (nSPS) is 14.5. The molecule has 1 fully saturated rings. The predicted octanol–water partition coefficient (Wildman–Crippen LogP) is 3.86. The second-order valence-corrected chi connectivity index (χ2v) is 7.61. The minimum absolute atomic E-state index is 0.183. The van der Waals surface area contributed by atoms with Crippen LogP contribution < -0.4 is 5.32 Å². The highest BCUT2D eigenvalue weighted by Gasteiger charge is 2.22. The minimum atomic E-state index is -1.33. The summed E-state index contributed by atoms with van der Waals surface area (Å²) in [6, 6.07) is 9.61. The predicted molar refractivity (Wildman–Crippen MR) is 116 cm³/mol. The third-order valence-electron chi connectivity index (χ3n) is 5.17. The number of carboxylic acid groups (broad SMARTS) is 2. The van der Waals surface area contributed by atoms with E-state index in [1.54, 1.807) is 30.5 Å². The first-order valence-corrected chi connectivity index (χ1v) is 10.1. The van der Waals surface area contributed by atoms with Crippen molar-refractivity contribution in [3.63, 3.8) is 0 Å². The zero-order valence-electron chi connectivity index (χ0n) is 16.5. The van der Waals surface area contributed by atoms with Gasteiger partial charge in [0.25, 0.3) is 0 Å². The molecule has 1 aliphatic rings. The number of carboxylic acids is 2. The Kier molecular flexibility index (Phi) is 6.03. The quantitative estimate of drug-likeness (QED) is 0.528. The molecule has 0 spiro atoms. The van der Waals surface area contributed by atoms with Crippen molar-refractivity contribution in [1.82, 2.24) is 9.88 Å². The van der Waals surface area contributed by atoms with E-state index in [2.05, 4.69) is 15.2 Å². The van der Waals surface area contributed by atoms with Gasteiger partial charge in [-0.25, -0.2) is 9.59 Å². The average Bonchev–Trinajstić information content (AvgIpc) is 2.75. The van der Waals surface area contributed by atoms with E-state index in [1.165, 1.54) is 12.1 Å². The van der Waals surface area contributed by atoms with Crippen LogP contribution in [-0.4, -0.2) is 58.3 Å². The molecule has 0 aliphatic carbocycles. The summed E-state index contributed by atoms with van der Waals surface area (Å²) in [7, 11) is 0. The van der Waals surface area contributed by atoms with E-state index in [1.807, 2.05) is 0 Å². The Bertz CT molecular complexity index is 1160. The number of benzene rings is 2. The van der Waals surface area contributed by atoms with Crippen molar-refractivity contribution < 1.29 is 24.5 Å². The SMILES string of the molecule is O=C(O)c1cccc(Nc2c(CN3CCOCC3)cnc3ccc(Cl)cc23)c1C(=O)O. The molecule has 1 saturated heterocycles. The van der Waals surface area contributed by atoms with Gasteiger partial charge in [0.05, 0.1) is 41.2 Å². The first-order chi connectivity index (χ1) is 14.9. The van der Waals surface area contributed by atoms with E-state index < -0.39 is 11.9 Å². The lowest BCUT2D eigenvalue weighted by atomic mass is 10.0. The standard InChI is InChI=1S/C22H20ClN3O5/c23-14-4-5-17-16(10-14)20(13(11-24-17)12-26-6-8-31-9-7-26)25-18-3-1-2-15(21(27)28)19(18)22(29)30/h1-5,10-11H,6-9,12H2,(H,24,25)(H,27,28)(H,29,30). The van der Waals surface area contributed by atoms with Crippen LogP contribution in [0.15, 0.2) is 42.6 Å². The number of pyridine rings is 1. The van der Waals surface area contributed by atoms with Gasteiger partial charge >= 0.3 is 11.9 Å². The lowest BCUT2D eigenvalue weighted by molar-refractivity contribution is 0.0342. The molecule has 4 rings (SSSR count). The molecule has 0 unspecified atom stereocenters. The molecule has 0 atom stereocenters. The monoisotopic (exact) mass is 441 g/mol. The Hall–Kier alpha value is -3.20. The van der Waals surface area contributed by atoms with Crippen molar-refractivity contribution >= 4 is 45.8 Å². The second-order valence-electron chi connectivity index (χ2n) is 7.17. The minimum Gasteiger partial charge on any atom is -0.478 e. The highest BCUT2D eigenvalue weighted by Crippen LogP contribution is 2.33. The molecule has 9 heteroatoms. The van der Waals surface area contributed by atoms with Gasteiger partial charge < -0.3 is 20.3 Å². The summed E-state index contributed by atoms with van der Waals surface area (Å²) in [5, 5.41) is 23.6. The van der Waals surface area contributed by atoms with Gasteiger partial charge in [0.2, 0.25) is 0 Å². The Morgan fingerprint density at radius 1 is 1.13 bits per heavy atom. The van der Waals surface area contributed by atoms with E-state index in [9.17, 15) is 19.8 Å². The fraction of sp³-hybridized carbons (Fsp3) is 0.227. The fourth-order valence-electron chi connectivity index (χ4n) is 3.67. The number of halogens is 1. The number of carbonyl (C=O) groups is 2. The van der Waals surface area contributed by atoms with Crippen LogP contribution in [0, 0.1) is 0 Å². The van der Waals surface area contributed by atoms with E-state index in [-0.39, 0.29) is 16.8 Å². The number of hydrogen-bond donors (Lipinski definition) is 3. The van der Waals surface area contributed by atoms with Crippen molar-refractivity contribution in [2.24, 2.45) is 0 Å².